The van der Waals surface area contributed by atoms with Crippen molar-refractivity contribution in [2.45, 2.75) is 19.9 Å². The molecule has 0 unspecified atom stereocenters. The summed E-state index contributed by atoms with van der Waals surface area (Å²) in [6.45, 7) is 3.33. The standard InChI is InChI=1S/C14H20N2O2S/c1-4-15(2)14(18)16(3)10-13-9-12(11-19-13)7-5-6-8-17/h9,11,17H,4,6,8,10H2,1-3H3. The minimum atomic E-state index is 0.0174. The molecule has 0 atom stereocenters. The van der Waals surface area contributed by atoms with Crippen LogP contribution >= 0.6 is 11.3 Å². The van der Waals surface area contributed by atoms with E-state index < -0.39 is 0 Å². The molecule has 19 heavy (non-hydrogen) atoms. The molecule has 1 aromatic rings. The maximum absolute atomic E-state index is 11.9. The monoisotopic (exact) mass is 280 g/mol. The van der Waals surface area contributed by atoms with Crippen LogP contribution in [0.3, 0.4) is 0 Å². The molecule has 0 aromatic carbocycles. The van der Waals surface area contributed by atoms with Crippen molar-refractivity contribution in [1.82, 2.24) is 9.80 Å². The van der Waals surface area contributed by atoms with E-state index >= 15 is 0 Å². The summed E-state index contributed by atoms with van der Waals surface area (Å²) < 4.78 is 0. The van der Waals surface area contributed by atoms with Crippen molar-refractivity contribution in [3.05, 3.63) is 21.9 Å². The maximum Gasteiger partial charge on any atom is 0.319 e. The van der Waals surface area contributed by atoms with Crippen molar-refractivity contribution >= 4 is 17.4 Å². The van der Waals surface area contributed by atoms with Gasteiger partial charge in [0.1, 0.15) is 0 Å². The lowest BCUT2D eigenvalue weighted by Gasteiger charge is -2.23. The zero-order valence-electron chi connectivity index (χ0n) is 11.6. The van der Waals surface area contributed by atoms with Crippen LogP contribution in [0.4, 0.5) is 4.79 Å². The van der Waals surface area contributed by atoms with Crippen LogP contribution in [0.15, 0.2) is 11.4 Å². The Morgan fingerprint density at radius 1 is 1.42 bits per heavy atom. The Morgan fingerprint density at radius 2 is 2.16 bits per heavy atom. The quantitative estimate of drug-likeness (QED) is 0.857. The fraction of sp³-hybridized carbons (Fsp3) is 0.500. The van der Waals surface area contributed by atoms with Crippen LogP contribution in [0.25, 0.3) is 0 Å². The van der Waals surface area contributed by atoms with E-state index in [0.717, 1.165) is 10.4 Å². The third-order valence-corrected chi connectivity index (χ3v) is 3.57. The van der Waals surface area contributed by atoms with Crippen LogP contribution in [0.5, 0.6) is 0 Å². The normalized spacial score (nSPS) is 9.68. The average molecular weight is 280 g/mol. The number of aliphatic hydroxyl groups excluding tert-OH is 1. The Bertz CT molecular complexity index is 473. The number of thiophene rings is 1. The molecule has 0 spiro atoms. The molecule has 1 aromatic heterocycles. The second-order valence-electron chi connectivity index (χ2n) is 4.23. The highest BCUT2D eigenvalue weighted by molar-refractivity contribution is 7.10. The van der Waals surface area contributed by atoms with E-state index in [1.165, 1.54) is 0 Å². The molecule has 0 bridgehead atoms. The van der Waals surface area contributed by atoms with Gasteiger partial charge < -0.3 is 14.9 Å². The van der Waals surface area contributed by atoms with Gasteiger partial charge in [-0.2, -0.15) is 0 Å². The van der Waals surface area contributed by atoms with E-state index in [0.29, 0.717) is 19.5 Å². The minimum Gasteiger partial charge on any atom is -0.395 e. The van der Waals surface area contributed by atoms with Crippen molar-refractivity contribution in [3.63, 3.8) is 0 Å². The van der Waals surface area contributed by atoms with Gasteiger partial charge in [0, 0.05) is 42.9 Å². The van der Waals surface area contributed by atoms with Crippen LogP contribution in [-0.2, 0) is 6.54 Å². The second-order valence-corrected chi connectivity index (χ2v) is 5.23. The van der Waals surface area contributed by atoms with Gasteiger partial charge >= 0.3 is 6.03 Å². The van der Waals surface area contributed by atoms with Crippen LogP contribution in [0, 0.1) is 11.8 Å². The van der Waals surface area contributed by atoms with Crippen molar-refractivity contribution in [1.29, 1.82) is 0 Å². The van der Waals surface area contributed by atoms with Gasteiger partial charge in [0.25, 0.3) is 0 Å². The topological polar surface area (TPSA) is 43.8 Å². The first kappa shape index (κ1) is 15.5. The van der Waals surface area contributed by atoms with E-state index in [1.807, 2.05) is 18.4 Å². The third-order valence-electron chi connectivity index (χ3n) is 2.64. The highest BCUT2D eigenvalue weighted by Crippen LogP contribution is 2.16. The molecule has 0 aliphatic heterocycles. The minimum absolute atomic E-state index is 0.0174. The van der Waals surface area contributed by atoms with Crippen LogP contribution < -0.4 is 0 Å². The van der Waals surface area contributed by atoms with Crippen molar-refractivity contribution in [2.24, 2.45) is 0 Å². The lowest BCUT2D eigenvalue weighted by molar-refractivity contribution is 0.174. The Hall–Kier alpha value is -1.51. The van der Waals surface area contributed by atoms with Crippen molar-refractivity contribution in [2.75, 3.05) is 27.2 Å². The molecular formula is C14H20N2O2S. The molecular weight excluding hydrogens is 260 g/mol. The van der Waals surface area contributed by atoms with Gasteiger partial charge in [0.2, 0.25) is 0 Å². The first-order valence-electron chi connectivity index (χ1n) is 6.21. The molecule has 0 aliphatic rings. The molecule has 2 amide bonds. The van der Waals surface area contributed by atoms with E-state index in [9.17, 15) is 4.79 Å². The van der Waals surface area contributed by atoms with Gasteiger partial charge in [-0.05, 0) is 13.0 Å². The van der Waals surface area contributed by atoms with E-state index in [4.69, 9.17) is 5.11 Å². The number of aliphatic hydroxyl groups is 1. The predicted molar refractivity (Wildman–Crippen MR) is 78.1 cm³/mol. The third kappa shape index (κ3) is 4.93. The number of carbonyl (C=O) groups is 1. The first-order chi connectivity index (χ1) is 9.08. The maximum atomic E-state index is 11.9. The molecule has 0 saturated carbocycles. The highest BCUT2D eigenvalue weighted by atomic mass is 32.1. The van der Waals surface area contributed by atoms with E-state index in [-0.39, 0.29) is 12.6 Å². The summed E-state index contributed by atoms with van der Waals surface area (Å²) in [7, 11) is 3.59. The van der Waals surface area contributed by atoms with Crippen molar-refractivity contribution < 1.29 is 9.90 Å². The lowest BCUT2D eigenvalue weighted by Crippen LogP contribution is -2.37. The molecule has 0 radical (unpaired) electrons. The highest BCUT2D eigenvalue weighted by Gasteiger charge is 2.13. The molecule has 1 heterocycles. The lowest BCUT2D eigenvalue weighted by atomic mass is 10.3. The average Bonchev–Trinajstić information content (AvgIpc) is 2.84. The molecule has 5 heteroatoms. The van der Waals surface area contributed by atoms with Crippen LogP contribution in [-0.4, -0.2) is 48.2 Å². The zero-order chi connectivity index (χ0) is 14.3. The number of amides is 2. The number of hydrogen-bond donors (Lipinski definition) is 1. The summed E-state index contributed by atoms with van der Waals surface area (Å²) in [6.07, 6.45) is 0.491. The number of hydrogen-bond acceptors (Lipinski definition) is 3. The summed E-state index contributed by atoms with van der Waals surface area (Å²) in [5.41, 5.74) is 0.943. The molecule has 1 N–H and O–H groups in total. The molecule has 0 fully saturated rings. The van der Waals surface area contributed by atoms with Crippen LogP contribution in [0.2, 0.25) is 0 Å². The zero-order valence-corrected chi connectivity index (χ0v) is 12.5. The largest absolute Gasteiger partial charge is 0.395 e. The fourth-order valence-electron chi connectivity index (χ4n) is 1.48. The Balaban J connectivity index is 2.59. The number of carbonyl (C=O) groups excluding carboxylic acids is 1. The Kier molecular flexibility index (Phi) is 6.40. The summed E-state index contributed by atoms with van der Waals surface area (Å²) >= 11 is 1.60. The van der Waals surface area contributed by atoms with Gasteiger partial charge in [0.15, 0.2) is 0 Å². The van der Waals surface area contributed by atoms with E-state index in [1.54, 1.807) is 35.2 Å². The first-order valence-corrected chi connectivity index (χ1v) is 7.09. The summed E-state index contributed by atoms with van der Waals surface area (Å²) in [4.78, 5) is 16.4. The van der Waals surface area contributed by atoms with Crippen molar-refractivity contribution in [3.8, 4) is 11.8 Å². The summed E-state index contributed by atoms with van der Waals surface area (Å²) in [5, 5.41) is 10.6. The molecule has 1 rings (SSSR count). The number of urea groups is 1. The predicted octanol–water partition coefficient (Wildman–Crippen LogP) is 1.99. The SMILES string of the molecule is CCN(C)C(=O)N(C)Cc1cc(C#CCCO)cs1. The molecule has 0 aliphatic carbocycles. The smallest absolute Gasteiger partial charge is 0.319 e. The second kappa shape index (κ2) is 7.82. The molecule has 4 nitrogen and oxygen atoms in total. The van der Waals surface area contributed by atoms with Gasteiger partial charge in [-0.25, -0.2) is 4.79 Å². The van der Waals surface area contributed by atoms with Gasteiger partial charge in [0.05, 0.1) is 13.2 Å². The molecule has 104 valence electrons. The summed E-state index contributed by atoms with van der Waals surface area (Å²) in [6, 6.07) is 2.01. The van der Waals surface area contributed by atoms with Gasteiger partial charge in [-0.15, -0.1) is 11.3 Å². The number of nitrogens with zero attached hydrogens (tertiary/aromatic N) is 2. The Morgan fingerprint density at radius 3 is 2.79 bits per heavy atom. The number of rotatable bonds is 4. The van der Waals surface area contributed by atoms with Gasteiger partial charge in [-0.1, -0.05) is 11.8 Å². The van der Waals surface area contributed by atoms with Gasteiger partial charge in [-0.3, -0.25) is 0 Å². The Labute approximate surface area is 118 Å². The van der Waals surface area contributed by atoms with E-state index in [2.05, 4.69) is 11.8 Å². The molecule has 0 saturated heterocycles. The fourth-order valence-corrected chi connectivity index (χ4v) is 2.35. The summed E-state index contributed by atoms with van der Waals surface area (Å²) in [5.74, 6) is 5.87. The van der Waals surface area contributed by atoms with Crippen LogP contribution in [0.1, 0.15) is 23.8 Å².